The number of carbonyl (C=O) groups is 2. The predicted molar refractivity (Wildman–Crippen MR) is 110 cm³/mol. The molecule has 2 aromatic carbocycles. The second-order valence-corrected chi connectivity index (χ2v) is 8.48. The normalized spacial score (nSPS) is 14.6. The van der Waals surface area contributed by atoms with Crippen molar-refractivity contribution < 1.29 is 14.3 Å². The standard InChI is InChI=1S/C13H16ClNO2.C8H6ClNO/c1-13(2,3)17-12(16)15-7-9-5-4-6-11(14)10(9)8-15;9-7-3-1-2-5-6(7)4-10-8(5)11/h4-6H,7-8H2,1-3H3;1-3H,4H2,(H,10,11). The number of hydrogen-bond acceptors (Lipinski definition) is 3. The molecule has 5 nitrogen and oxygen atoms in total. The van der Waals surface area contributed by atoms with Gasteiger partial charge < -0.3 is 10.1 Å². The van der Waals surface area contributed by atoms with Crippen molar-refractivity contribution in [2.45, 2.75) is 46.0 Å². The lowest BCUT2D eigenvalue weighted by Gasteiger charge is -2.24. The van der Waals surface area contributed by atoms with Gasteiger partial charge in [-0.2, -0.15) is 0 Å². The van der Waals surface area contributed by atoms with E-state index in [4.69, 9.17) is 27.9 Å². The van der Waals surface area contributed by atoms with Crippen LogP contribution in [0.25, 0.3) is 0 Å². The highest BCUT2D eigenvalue weighted by Crippen LogP contribution is 2.30. The molecule has 2 aliphatic heterocycles. The number of nitrogens with zero attached hydrogens (tertiary/aromatic N) is 1. The molecule has 0 bridgehead atoms. The van der Waals surface area contributed by atoms with Gasteiger partial charge in [-0.15, -0.1) is 0 Å². The maximum atomic E-state index is 11.9. The first kappa shape index (κ1) is 20.5. The van der Waals surface area contributed by atoms with Gasteiger partial charge in [0.2, 0.25) is 0 Å². The van der Waals surface area contributed by atoms with E-state index in [1.165, 1.54) is 0 Å². The Bertz CT molecular complexity index is 922. The van der Waals surface area contributed by atoms with Crippen LogP contribution in [0.2, 0.25) is 10.0 Å². The number of carbonyl (C=O) groups excluding carboxylic acids is 2. The average molecular weight is 421 g/mol. The van der Waals surface area contributed by atoms with E-state index in [2.05, 4.69) is 5.32 Å². The third-order valence-electron chi connectivity index (χ3n) is 4.37. The van der Waals surface area contributed by atoms with Crippen molar-refractivity contribution in [1.82, 2.24) is 10.2 Å². The van der Waals surface area contributed by atoms with Crippen LogP contribution in [0.1, 0.15) is 47.8 Å². The largest absolute Gasteiger partial charge is 0.444 e. The number of nitrogens with one attached hydrogen (secondary N) is 1. The molecule has 148 valence electrons. The molecule has 2 aliphatic rings. The van der Waals surface area contributed by atoms with Crippen molar-refractivity contribution in [3.63, 3.8) is 0 Å². The molecule has 0 aromatic heterocycles. The van der Waals surface area contributed by atoms with Gasteiger partial charge in [0, 0.05) is 34.3 Å². The van der Waals surface area contributed by atoms with Gasteiger partial charge in [-0.25, -0.2) is 4.79 Å². The van der Waals surface area contributed by atoms with Crippen molar-refractivity contribution in [1.29, 1.82) is 0 Å². The highest BCUT2D eigenvalue weighted by Gasteiger charge is 2.28. The molecule has 7 heteroatoms. The van der Waals surface area contributed by atoms with Gasteiger partial charge in [0.25, 0.3) is 5.91 Å². The summed E-state index contributed by atoms with van der Waals surface area (Å²) in [6.45, 7) is 7.26. The van der Waals surface area contributed by atoms with Crippen molar-refractivity contribution in [3.8, 4) is 0 Å². The summed E-state index contributed by atoms with van der Waals surface area (Å²) in [5.41, 5.74) is 3.29. The molecule has 0 saturated heterocycles. The Morgan fingerprint density at radius 3 is 2.29 bits per heavy atom. The molecule has 0 radical (unpaired) electrons. The van der Waals surface area contributed by atoms with Crippen LogP contribution < -0.4 is 5.32 Å². The third kappa shape index (κ3) is 4.59. The SMILES string of the molecule is CC(C)(C)OC(=O)N1Cc2cccc(Cl)c2C1.O=C1NCc2c(Cl)cccc21. The molecule has 4 rings (SSSR count). The molecule has 0 unspecified atom stereocenters. The third-order valence-corrected chi connectivity index (χ3v) is 5.08. The Hall–Kier alpha value is -2.24. The lowest BCUT2D eigenvalue weighted by Crippen LogP contribution is -2.33. The van der Waals surface area contributed by atoms with Gasteiger partial charge in [0.05, 0.1) is 6.54 Å². The zero-order valence-corrected chi connectivity index (χ0v) is 17.5. The van der Waals surface area contributed by atoms with Gasteiger partial charge >= 0.3 is 6.09 Å². The Balaban J connectivity index is 0.000000176. The van der Waals surface area contributed by atoms with Gasteiger partial charge in [0.15, 0.2) is 0 Å². The highest BCUT2D eigenvalue weighted by atomic mass is 35.5. The monoisotopic (exact) mass is 420 g/mol. The fourth-order valence-electron chi connectivity index (χ4n) is 3.05. The topological polar surface area (TPSA) is 58.6 Å². The molecule has 1 N–H and O–H groups in total. The van der Waals surface area contributed by atoms with E-state index in [1.807, 2.05) is 39.0 Å². The van der Waals surface area contributed by atoms with Crippen LogP contribution in [0.5, 0.6) is 0 Å². The summed E-state index contributed by atoms with van der Waals surface area (Å²) in [5, 5.41) is 4.09. The summed E-state index contributed by atoms with van der Waals surface area (Å²) in [7, 11) is 0. The van der Waals surface area contributed by atoms with E-state index in [9.17, 15) is 9.59 Å². The maximum Gasteiger partial charge on any atom is 0.410 e. The number of fused-ring (bicyclic) bond motifs is 2. The maximum absolute atomic E-state index is 11.9. The quantitative estimate of drug-likeness (QED) is 0.638. The number of hydrogen-bond donors (Lipinski definition) is 1. The molecule has 0 spiro atoms. The summed E-state index contributed by atoms with van der Waals surface area (Å²) < 4.78 is 5.34. The minimum absolute atomic E-state index is 0.0255. The van der Waals surface area contributed by atoms with E-state index in [-0.39, 0.29) is 12.0 Å². The van der Waals surface area contributed by atoms with E-state index < -0.39 is 5.60 Å². The first-order valence-electron chi connectivity index (χ1n) is 8.95. The van der Waals surface area contributed by atoms with Crippen molar-refractivity contribution in [2.24, 2.45) is 0 Å². The Morgan fingerprint density at radius 1 is 1.04 bits per heavy atom. The van der Waals surface area contributed by atoms with Crippen molar-refractivity contribution in [2.75, 3.05) is 0 Å². The molecule has 0 fully saturated rings. The first-order chi connectivity index (χ1) is 13.2. The van der Waals surface area contributed by atoms with Gasteiger partial charge in [-0.05, 0) is 50.1 Å². The number of halogens is 2. The number of amides is 2. The smallest absolute Gasteiger partial charge is 0.410 e. The zero-order chi connectivity index (χ0) is 20.5. The Morgan fingerprint density at radius 2 is 1.68 bits per heavy atom. The molecule has 2 amide bonds. The predicted octanol–water partition coefficient (Wildman–Crippen LogP) is 5.17. The lowest BCUT2D eigenvalue weighted by atomic mass is 10.1. The van der Waals surface area contributed by atoms with E-state index in [0.717, 1.165) is 16.7 Å². The average Bonchev–Trinajstić information content (AvgIpc) is 3.20. The molecule has 0 atom stereocenters. The van der Waals surface area contributed by atoms with Crippen molar-refractivity contribution >= 4 is 35.2 Å². The van der Waals surface area contributed by atoms with E-state index >= 15 is 0 Å². The van der Waals surface area contributed by atoms with Gasteiger partial charge in [-0.1, -0.05) is 41.4 Å². The van der Waals surface area contributed by atoms with Crippen LogP contribution in [0.15, 0.2) is 36.4 Å². The summed E-state index contributed by atoms with van der Waals surface area (Å²) in [4.78, 5) is 24.6. The van der Waals surface area contributed by atoms with Crippen molar-refractivity contribution in [3.05, 3.63) is 68.7 Å². The van der Waals surface area contributed by atoms with Crippen LogP contribution in [-0.4, -0.2) is 22.5 Å². The van der Waals surface area contributed by atoms with Crippen LogP contribution in [-0.2, 0) is 24.4 Å². The molecule has 28 heavy (non-hydrogen) atoms. The number of ether oxygens (including phenoxy) is 1. The highest BCUT2D eigenvalue weighted by molar-refractivity contribution is 6.32. The molecule has 2 aromatic rings. The number of rotatable bonds is 0. The molecular formula is C21H22Cl2N2O3. The van der Waals surface area contributed by atoms with Crippen LogP contribution in [0, 0.1) is 0 Å². The second kappa shape index (κ2) is 8.02. The summed E-state index contributed by atoms with van der Waals surface area (Å²) >= 11 is 11.9. The first-order valence-corrected chi connectivity index (χ1v) is 9.71. The van der Waals surface area contributed by atoms with E-state index in [0.29, 0.717) is 35.2 Å². The van der Waals surface area contributed by atoms with Gasteiger partial charge in [-0.3, -0.25) is 9.69 Å². The minimum Gasteiger partial charge on any atom is -0.444 e. The zero-order valence-electron chi connectivity index (χ0n) is 16.0. The summed E-state index contributed by atoms with van der Waals surface area (Å²) in [5.74, 6) is -0.0255. The fraction of sp³-hybridized carbons (Fsp3) is 0.333. The van der Waals surface area contributed by atoms with E-state index in [1.54, 1.807) is 23.1 Å². The lowest BCUT2D eigenvalue weighted by molar-refractivity contribution is 0.0242. The van der Waals surface area contributed by atoms with Gasteiger partial charge in [0.1, 0.15) is 5.60 Å². The van der Waals surface area contributed by atoms with Crippen LogP contribution in [0.3, 0.4) is 0 Å². The number of benzene rings is 2. The minimum atomic E-state index is -0.463. The van der Waals surface area contributed by atoms with Crippen LogP contribution in [0.4, 0.5) is 4.79 Å². The Labute approximate surface area is 174 Å². The summed E-state index contributed by atoms with van der Waals surface area (Å²) in [6.07, 6.45) is -0.287. The molecular weight excluding hydrogens is 399 g/mol. The molecule has 0 aliphatic carbocycles. The molecule has 2 heterocycles. The second-order valence-electron chi connectivity index (χ2n) is 7.66. The fourth-order valence-corrected chi connectivity index (χ4v) is 3.55. The molecule has 0 saturated carbocycles. The summed E-state index contributed by atoms with van der Waals surface area (Å²) in [6, 6.07) is 11.1. The van der Waals surface area contributed by atoms with Crippen LogP contribution >= 0.6 is 23.2 Å². The Kier molecular flexibility index (Phi) is 5.87.